The molecular formula is C12H15N3O. The molecule has 0 aliphatic rings. The highest BCUT2D eigenvalue weighted by Crippen LogP contribution is 2.23. The van der Waals surface area contributed by atoms with Crippen molar-refractivity contribution in [3.8, 4) is 5.69 Å². The van der Waals surface area contributed by atoms with E-state index < -0.39 is 0 Å². The number of aromatic nitrogens is 3. The van der Waals surface area contributed by atoms with Crippen molar-refractivity contribution in [3.05, 3.63) is 42.2 Å². The molecule has 0 saturated heterocycles. The van der Waals surface area contributed by atoms with Crippen LogP contribution in [0.4, 0.5) is 0 Å². The largest absolute Gasteiger partial charge is 0.395 e. The van der Waals surface area contributed by atoms with Crippen molar-refractivity contribution >= 4 is 0 Å². The first-order valence-corrected chi connectivity index (χ1v) is 5.21. The van der Waals surface area contributed by atoms with Crippen molar-refractivity contribution in [2.75, 3.05) is 6.61 Å². The van der Waals surface area contributed by atoms with E-state index in [4.69, 9.17) is 0 Å². The molecule has 0 amide bonds. The maximum atomic E-state index is 9.33. The van der Waals surface area contributed by atoms with Gasteiger partial charge in [0.2, 0.25) is 0 Å². The van der Waals surface area contributed by atoms with Crippen molar-refractivity contribution in [3.63, 3.8) is 0 Å². The molecule has 84 valence electrons. The average Bonchev–Trinajstić information content (AvgIpc) is 2.83. The van der Waals surface area contributed by atoms with Gasteiger partial charge in [0.1, 0.15) is 0 Å². The van der Waals surface area contributed by atoms with Crippen LogP contribution in [-0.2, 0) is 5.41 Å². The zero-order chi connectivity index (χ0) is 11.6. The molecule has 1 aromatic carbocycles. The molecule has 0 saturated carbocycles. The summed E-state index contributed by atoms with van der Waals surface area (Å²) in [4.78, 5) is 1.57. The van der Waals surface area contributed by atoms with Gasteiger partial charge in [0.05, 0.1) is 24.7 Å². The second kappa shape index (κ2) is 4.06. The highest BCUT2D eigenvalue weighted by atomic mass is 16.3. The van der Waals surface area contributed by atoms with Gasteiger partial charge in [-0.15, -0.1) is 0 Å². The van der Waals surface area contributed by atoms with Gasteiger partial charge in [0.15, 0.2) is 0 Å². The van der Waals surface area contributed by atoms with Crippen molar-refractivity contribution in [2.45, 2.75) is 19.3 Å². The smallest absolute Gasteiger partial charge is 0.0859 e. The lowest BCUT2D eigenvalue weighted by molar-refractivity contribution is 0.218. The van der Waals surface area contributed by atoms with Crippen LogP contribution in [0.25, 0.3) is 5.69 Å². The van der Waals surface area contributed by atoms with E-state index in [1.54, 1.807) is 17.2 Å². The molecule has 0 fully saturated rings. The molecule has 1 aromatic heterocycles. The van der Waals surface area contributed by atoms with Gasteiger partial charge >= 0.3 is 0 Å². The fraction of sp³-hybridized carbons (Fsp3) is 0.333. The van der Waals surface area contributed by atoms with Crippen LogP contribution in [0.2, 0.25) is 0 Å². The van der Waals surface area contributed by atoms with E-state index in [9.17, 15) is 5.11 Å². The van der Waals surface area contributed by atoms with Gasteiger partial charge in [-0.2, -0.15) is 15.0 Å². The first-order chi connectivity index (χ1) is 7.63. The molecule has 4 heteroatoms. The lowest BCUT2D eigenvalue weighted by Gasteiger charge is -2.22. The number of aliphatic hydroxyl groups excluding tert-OH is 1. The number of nitrogens with zero attached hydrogens (tertiary/aromatic N) is 3. The van der Waals surface area contributed by atoms with E-state index in [1.807, 2.05) is 38.1 Å². The van der Waals surface area contributed by atoms with Gasteiger partial charge in [-0.25, -0.2) is 0 Å². The summed E-state index contributed by atoms with van der Waals surface area (Å²) >= 11 is 0. The lowest BCUT2D eigenvalue weighted by atomic mass is 9.85. The minimum absolute atomic E-state index is 0.114. The zero-order valence-corrected chi connectivity index (χ0v) is 9.46. The fourth-order valence-corrected chi connectivity index (χ4v) is 1.49. The average molecular weight is 217 g/mol. The topological polar surface area (TPSA) is 50.9 Å². The first kappa shape index (κ1) is 10.8. The predicted molar refractivity (Wildman–Crippen MR) is 61.5 cm³/mol. The van der Waals surface area contributed by atoms with Crippen LogP contribution < -0.4 is 0 Å². The van der Waals surface area contributed by atoms with Crippen LogP contribution in [0.3, 0.4) is 0 Å². The van der Waals surface area contributed by atoms with Crippen LogP contribution in [-0.4, -0.2) is 26.7 Å². The summed E-state index contributed by atoms with van der Waals surface area (Å²) in [7, 11) is 0. The normalized spacial score (nSPS) is 11.7. The summed E-state index contributed by atoms with van der Waals surface area (Å²) in [5.74, 6) is 0. The SMILES string of the molecule is CC(C)(CO)c1cccc(-n2nccn2)c1. The van der Waals surface area contributed by atoms with Gasteiger partial charge in [-0.1, -0.05) is 26.0 Å². The van der Waals surface area contributed by atoms with E-state index >= 15 is 0 Å². The van der Waals surface area contributed by atoms with Crippen molar-refractivity contribution in [1.82, 2.24) is 15.0 Å². The Bertz CT molecular complexity index is 463. The Morgan fingerprint density at radius 1 is 1.25 bits per heavy atom. The molecule has 2 aromatic rings. The molecular weight excluding hydrogens is 202 g/mol. The minimum atomic E-state index is -0.247. The summed E-state index contributed by atoms with van der Waals surface area (Å²) in [5.41, 5.74) is 1.73. The van der Waals surface area contributed by atoms with Crippen molar-refractivity contribution < 1.29 is 5.11 Å². The molecule has 2 rings (SSSR count). The summed E-state index contributed by atoms with van der Waals surface area (Å²) in [6, 6.07) is 7.89. The van der Waals surface area contributed by atoms with Crippen LogP contribution >= 0.6 is 0 Å². The third kappa shape index (κ3) is 1.97. The van der Waals surface area contributed by atoms with Crippen molar-refractivity contribution in [2.24, 2.45) is 0 Å². The van der Waals surface area contributed by atoms with Gasteiger partial charge in [-0.3, -0.25) is 0 Å². The highest BCUT2D eigenvalue weighted by Gasteiger charge is 2.19. The van der Waals surface area contributed by atoms with Gasteiger partial charge in [0.25, 0.3) is 0 Å². The number of benzene rings is 1. The highest BCUT2D eigenvalue weighted by molar-refractivity contribution is 5.37. The molecule has 4 nitrogen and oxygen atoms in total. The third-order valence-corrected chi connectivity index (χ3v) is 2.67. The lowest BCUT2D eigenvalue weighted by Crippen LogP contribution is -2.22. The Morgan fingerprint density at radius 2 is 1.94 bits per heavy atom. The van der Waals surface area contributed by atoms with E-state index in [0.717, 1.165) is 11.3 Å². The molecule has 0 aliphatic heterocycles. The van der Waals surface area contributed by atoms with Gasteiger partial charge < -0.3 is 5.11 Å². The molecule has 0 atom stereocenters. The van der Waals surface area contributed by atoms with Crippen LogP contribution in [0.5, 0.6) is 0 Å². The van der Waals surface area contributed by atoms with E-state index in [0.29, 0.717) is 0 Å². The first-order valence-electron chi connectivity index (χ1n) is 5.21. The van der Waals surface area contributed by atoms with Crippen LogP contribution in [0, 0.1) is 0 Å². The number of hydrogen-bond acceptors (Lipinski definition) is 3. The molecule has 0 radical (unpaired) electrons. The number of aliphatic hydroxyl groups is 1. The molecule has 0 aliphatic carbocycles. The standard InChI is InChI=1S/C12H15N3O/c1-12(2,9-16)10-4-3-5-11(8-10)15-13-6-7-14-15/h3-8,16H,9H2,1-2H3. The van der Waals surface area contributed by atoms with E-state index in [-0.39, 0.29) is 12.0 Å². The monoisotopic (exact) mass is 217 g/mol. The molecule has 1 heterocycles. The number of rotatable bonds is 3. The minimum Gasteiger partial charge on any atom is -0.395 e. The molecule has 16 heavy (non-hydrogen) atoms. The van der Waals surface area contributed by atoms with Gasteiger partial charge in [-0.05, 0) is 17.7 Å². The molecule has 1 N–H and O–H groups in total. The predicted octanol–water partition coefficient (Wildman–Crippen LogP) is 1.54. The Labute approximate surface area is 94.5 Å². The van der Waals surface area contributed by atoms with Crippen LogP contribution in [0.15, 0.2) is 36.7 Å². The van der Waals surface area contributed by atoms with Crippen molar-refractivity contribution in [1.29, 1.82) is 0 Å². The molecule has 0 bridgehead atoms. The zero-order valence-electron chi connectivity index (χ0n) is 9.46. The van der Waals surface area contributed by atoms with E-state index in [1.165, 1.54) is 0 Å². The van der Waals surface area contributed by atoms with Crippen LogP contribution in [0.1, 0.15) is 19.4 Å². The Morgan fingerprint density at radius 3 is 2.56 bits per heavy atom. The Kier molecular flexibility index (Phi) is 2.75. The summed E-state index contributed by atoms with van der Waals surface area (Å²) in [6.45, 7) is 4.12. The summed E-state index contributed by atoms with van der Waals surface area (Å²) in [5, 5.41) is 17.5. The van der Waals surface area contributed by atoms with E-state index in [2.05, 4.69) is 10.2 Å². The second-order valence-electron chi connectivity index (χ2n) is 4.41. The molecule has 0 spiro atoms. The summed E-state index contributed by atoms with van der Waals surface area (Å²) < 4.78 is 0. The third-order valence-electron chi connectivity index (χ3n) is 2.67. The van der Waals surface area contributed by atoms with Gasteiger partial charge in [0, 0.05) is 5.41 Å². The maximum absolute atomic E-state index is 9.33. The fourth-order valence-electron chi connectivity index (χ4n) is 1.49. The second-order valence-corrected chi connectivity index (χ2v) is 4.41. The summed E-state index contributed by atoms with van der Waals surface area (Å²) in [6.07, 6.45) is 3.29. The Balaban J connectivity index is 2.41. The Hall–Kier alpha value is -1.68. The maximum Gasteiger partial charge on any atom is 0.0859 e. The molecule has 0 unspecified atom stereocenters. The quantitative estimate of drug-likeness (QED) is 0.848. The number of hydrogen-bond donors (Lipinski definition) is 1.